The number of hydrogen-bond acceptors (Lipinski definition) is 0. The minimum Gasteiger partial charge on any atom is -0.309 e. The number of para-hydroxylation sites is 2. The van der Waals surface area contributed by atoms with Crippen LogP contribution in [-0.4, -0.2) is 9.13 Å². The largest absolute Gasteiger partial charge is 0.309 e. The molecule has 0 unspecified atom stereocenters. The summed E-state index contributed by atoms with van der Waals surface area (Å²) in [6.45, 7) is 0. The third kappa shape index (κ3) is 3.36. The van der Waals surface area contributed by atoms with Gasteiger partial charge in [-0.2, -0.15) is 0 Å². The van der Waals surface area contributed by atoms with Crippen LogP contribution in [0.15, 0.2) is 170 Å². The molecule has 2 heterocycles. The molecule has 0 aliphatic heterocycles. The van der Waals surface area contributed by atoms with Crippen LogP contribution in [0.1, 0.15) is 0 Å². The molecular formula is C46H28N2. The Bertz CT molecular complexity index is 3100. The van der Waals surface area contributed by atoms with Gasteiger partial charge in [-0.15, -0.1) is 0 Å². The predicted molar refractivity (Wildman–Crippen MR) is 205 cm³/mol. The third-order valence-corrected chi connectivity index (χ3v) is 10.4. The average Bonchev–Trinajstić information content (AvgIpc) is 3.68. The van der Waals surface area contributed by atoms with Gasteiger partial charge in [0.25, 0.3) is 0 Å². The Morgan fingerprint density at radius 2 is 0.833 bits per heavy atom. The van der Waals surface area contributed by atoms with Crippen molar-refractivity contribution in [3.8, 4) is 11.4 Å². The van der Waals surface area contributed by atoms with Crippen molar-refractivity contribution >= 4 is 86.7 Å². The maximum absolute atomic E-state index is 2.52. The van der Waals surface area contributed by atoms with Gasteiger partial charge >= 0.3 is 0 Å². The van der Waals surface area contributed by atoms with Crippen molar-refractivity contribution in [3.05, 3.63) is 170 Å². The lowest BCUT2D eigenvalue weighted by atomic mass is 9.93. The Morgan fingerprint density at radius 1 is 0.271 bits per heavy atom. The third-order valence-electron chi connectivity index (χ3n) is 10.4. The number of hydrogen-bond donors (Lipinski definition) is 0. The van der Waals surface area contributed by atoms with Gasteiger partial charge in [-0.1, -0.05) is 127 Å². The first-order chi connectivity index (χ1) is 23.8. The number of nitrogens with zero attached hydrogens (tertiary/aromatic N) is 2. The molecule has 2 aromatic heterocycles. The molecule has 0 N–H and O–H groups in total. The summed E-state index contributed by atoms with van der Waals surface area (Å²) in [4.78, 5) is 0. The van der Waals surface area contributed by atoms with Crippen molar-refractivity contribution < 1.29 is 0 Å². The minimum atomic E-state index is 1.17. The van der Waals surface area contributed by atoms with Crippen molar-refractivity contribution in [1.29, 1.82) is 0 Å². The van der Waals surface area contributed by atoms with E-state index in [4.69, 9.17) is 0 Å². The molecule has 0 atom stereocenters. The molecular weight excluding hydrogens is 581 g/mol. The number of rotatable bonds is 2. The van der Waals surface area contributed by atoms with Crippen LogP contribution in [0.5, 0.6) is 0 Å². The molecule has 0 amide bonds. The molecule has 0 aliphatic carbocycles. The average molecular weight is 609 g/mol. The minimum absolute atomic E-state index is 1.17. The molecule has 2 nitrogen and oxygen atoms in total. The molecule has 0 saturated heterocycles. The Balaban J connectivity index is 1.35. The number of benzene rings is 9. The summed E-state index contributed by atoms with van der Waals surface area (Å²) in [7, 11) is 0. The second-order valence-electron chi connectivity index (χ2n) is 12.9. The second kappa shape index (κ2) is 9.57. The zero-order chi connectivity index (χ0) is 31.3. The fourth-order valence-corrected chi connectivity index (χ4v) is 8.49. The molecule has 0 fully saturated rings. The van der Waals surface area contributed by atoms with Gasteiger partial charge in [0.05, 0.1) is 22.1 Å². The summed E-state index contributed by atoms with van der Waals surface area (Å²) < 4.78 is 4.94. The van der Waals surface area contributed by atoms with Crippen molar-refractivity contribution in [3.63, 3.8) is 0 Å². The van der Waals surface area contributed by atoms with Gasteiger partial charge in [-0.3, -0.25) is 0 Å². The first kappa shape index (κ1) is 25.8. The molecule has 0 bridgehead atoms. The molecule has 222 valence electrons. The van der Waals surface area contributed by atoms with Crippen LogP contribution >= 0.6 is 0 Å². The van der Waals surface area contributed by atoms with Gasteiger partial charge in [0.1, 0.15) is 0 Å². The predicted octanol–water partition coefficient (Wildman–Crippen LogP) is 12.5. The fraction of sp³-hybridized carbons (Fsp3) is 0. The van der Waals surface area contributed by atoms with Crippen LogP contribution in [0.2, 0.25) is 0 Å². The summed E-state index contributed by atoms with van der Waals surface area (Å²) in [5, 5.41) is 15.4. The first-order valence-corrected chi connectivity index (χ1v) is 16.6. The Kier molecular flexibility index (Phi) is 5.14. The van der Waals surface area contributed by atoms with Crippen LogP contribution in [0.4, 0.5) is 0 Å². The van der Waals surface area contributed by atoms with Gasteiger partial charge in [0.15, 0.2) is 0 Å². The van der Waals surface area contributed by atoms with Gasteiger partial charge in [-0.05, 0) is 80.2 Å². The lowest BCUT2D eigenvalue weighted by molar-refractivity contribution is 1.17. The monoisotopic (exact) mass is 608 g/mol. The van der Waals surface area contributed by atoms with E-state index in [2.05, 4.69) is 179 Å². The number of aromatic nitrogens is 2. The Morgan fingerprint density at radius 3 is 1.60 bits per heavy atom. The van der Waals surface area contributed by atoms with E-state index >= 15 is 0 Å². The molecule has 48 heavy (non-hydrogen) atoms. The summed E-state index contributed by atoms with van der Waals surface area (Å²) in [5.74, 6) is 0. The standard InChI is InChI=1S/C46H28N2/c1-2-14-31(15-3-1)47-41-27-24-32(28-39(41)44-34-17-7-5-13-30(34)23-26-42(44)47)48-40-21-11-10-20-37(40)45-36-19-9-8-18-35(36)43-33-16-6-4-12-29(33)22-25-38(43)46(45)48/h1-28H. The fourth-order valence-electron chi connectivity index (χ4n) is 8.49. The van der Waals surface area contributed by atoms with Crippen molar-refractivity contribution in [2.75, 3.05) is 0 Å². The summed E-state index contributed by atoms with van der Waals surface area (Å²) in [6, 6.07) is 62.4. The van der Waals surface area contributed by atoms with E-state index in [9.17, 15) is 0 Å². The van der Waals surface area contributed by atoms with Crippen LogP contribution in [0.25, 0.3) is 98.1 Å². The zero-order valence-electron chi connectivity index (χ0n) is 26.1. The quantitative estimate of drug-likeness (QED) is 0.173. The van der Waals surface area contributed by atoms with E-state index in [0.29, 0.717) is 0 Å². The molecule has 11 rings (SSSR count). The number of fused-ring (bicyclic) bond motifs is 15. The summed E-state index contributed by atoms with van der Waals surface area (Å²) >= 11 is 0. The smallest absolute Gasteiger partial charge is 0.0626 e. The molecule has 0 radical (unpaired) electrons. The van der Waals surface area contributed by atoms with E-state index in [0.717, 1.165) is 0 Å². The topological polar surface area (TPSA) is 9.86 Å². The van der Waals surface area contributed by atoms with E-state index in [1.54, 1.807) is 0 Å². The van der Waals surface area contributed by atoms with Gasteiger partial charge < -0.3 is 9.13 Å². The molecule has 2 heteroatoms. The van der Waals surface area contributed by atoms with Crippen LogP contribution < -0.4 is 0 Å². The zero-order valence-corrected chi connectivity index (χ0v) is 26.1. The van der Waals surface area contributed by atoms with E-state index in [1.165, 1.54) is 98.1 Å². The van der Waals surface area contributed by atoms with Crippen LogP contribution in [0, 0.1) is 0 Å². The van der Waals surface area contributed by atoms with E-state index in [1.807, 2.05) is 0 Å². The van der Waals surface area contributed by atoms with Gasteiger partial charge in [-0.25, -0.2) is 0 Å². The lowest BCUT2D eigenvalue weighted by Crippen LogP contribution is -1.96. The SMILES string of the molecule is c1ccc(-n2c3ccc(-n4c5ccccc5c5c6ccccc6c6c7ccccc7ccc6c54)cc3c3c4ccccc4ccc32)cc1. The maximum Gasteiger partial charge on any atom is 0.0626 e. The summed E-state index contributed by atoms with van der Waals surface area (Å²) in [6.07, 6.45) is 0. The van der Waals surface area contributed by atoms with E-state index in [-0.39, 0.29) is 0 Å². The van der Waals surface area contributed by atoms with Gasteiger partial charge in [0.2, 0.25) is 0 Å². The second-order valence-corrected chi connectivity index (χ2v) is 12.9. The van der Waals surface area contributed by atoms with Crippen LogP contribution in [0.3, 0.4) is 0 Å². The highest BCUT2D eigenvalue weighted by molar-refractivity contribution is 6.36. The molecule has 0 aliphatic rings. The highest BCUT2D eigenvalue weighted by Crippen LogP contribution is 2.45. The van der Waals surface area contributed by atoms with Crippen LogP contribution in [-0.2, 0) is 0 Å². The lowest BCUT2D eigenvalue weighted by Gasteiger charge is -2.14. The van der Waals surface area contributed by atoms with Crippen molar-refractivity contribution in [1.82, 2.24) is 9.13 Å². The highest BCUT2D eigenvalue weighted by atomic mass is 15.0. The highest BCUT2D eigenvalue weighted by Gasteiger charge is 2.21. The van der Waals surface area contributed by atoms with Crippen molar-refractivity contribution in [2.24, 2.45) is 0 Å². The Hall–Kier alpha value is -6.38. The summed E-state index contributed by atoms with van der Waals surface area (Å²) in [5.41, 5.74) is 7.23. The van der Waals surface area contributed by atoms with E-state index < -0.39 is 0 Å². The van der Waals surface area contributed by atoms with Crippen molar-refractivity contribution in [2.45, 2.75) is 0 Å². The normalized spacial score (nSPS) is 12.2. The molecule has 0 saturated carbocycles. The molecule has 9 aromatic carbocycles. The molecule has 11 aromatic rings. The van der Waals surface area contributed by atoms with Gasteiger partial charge in [0, 0.05) is 38.3 Å². The maximum atomic E-state index is 2.52. The molecule has 0 spiro atoms. The first-order valence-electron chi connectivity index (χ1n) is 16.6. The Labute approximate surface area is 276 Å².